The lowest BCUT2D eigenvalue weighted by Gasteiger charge is -2.37. The summed E-state index contributed by atoms with van der Waals surface area (Å²) in [4.78, 5) is 0. The monoisotopic (exact) mass is 341 g/mol. The highest BCUT2D eigenvalue weighted by Gasteiger charge is 2.35. The molecular formula is C17H27NO4S. The zero-order chi connectivity index (χ0) is 17.2. The number of hydrogen-bond acceptors (Lipinski definition) is 4. The van der Waals surface area contributed by atoms with Crippen LogP contribution in [-0.2, 0) is 16.4 Å². The Balaban J connectivity index is 2.54. The highest BCUT2D eigenvalue weighted by Crippen LogP contribution is 2.41. The van der Waals surface area contributed by atoms with Crippen molar-refractivity contribution in [3.8, 4) is 11.5 Å². The first kappa shape index (κ1) is 18.1. The number of rotatable bonds is 6. The van der Waals surface area contributed by atoms with Gasteiger partial charge in [-0.1, -0.05) is 13.8 Å². The summed E-state index contributed by atoms with van der Waals surface area (Å²) in [5.41, 5.74) is 2.19. The Hall–Kier alpha value is -1.27. The summed E-state index contributed by atoms with van der Waals surface area (Å²) in [5, 5.41) is 0. The molecule has 1 heterocycles. The normalized spacial score (nSPS) is 18.8. The molecule has 0 aromatic heterocycles. The quantitative estimate of drug-likeness (QED) is 0.798. The van der Waals surface area contributed by atoms with Crippen LogP contribution in [0.3, 0.4) is 0 Å². The highest BCUT2D eigenvalue weighted by molar-refractivity contribution is 7.89. The molecule has 0 bridgehead atoms. The summed E-state index contributed by atoms with van der Waals surface area (Å²) in [6.07, 6.45) is 1.49. The highest BCUT2D eigenvalue weighted by atomic mass is 32.2. The lowest BCUT2D eigenvalue weighted by molar-refractivity contribution is 0.268. The standard InChI is InChI=1S/C17H27NO4S/c1-6-23(19,20)18-8-7-13-10-16(21-4)17(22-5)11-14(13)15(18)9-12(2)3/h10-12,15H,6-9H2,1-5H3. The van der Waals surface area contributed by atoms with Crippen molar-refractivity contribution in [2.24, 2.45) is 5.92 Å². The minimum absolute atomic E-state index is 0.129. The van der Waals surface area contributed by atoms with Crippen LogP contribution in [0.25, 0.3) is 0 Å². The first-order valence-electron chi connectivity index (χ1n) is 8.08. The van der Waals surface area contributed by atoms with Gasteiger partial charge in [0, 0.05) is 6.54 Å². The average molecular weight is 341 g/mol. The van der Waals surface area contributed by atoms with E-state index in [0.29, 0.717) is 30.4 Å². The smallest absolute Gasteiger partial charge is 0.214 e. The van der Waals surface area contributed by atoms with Crippen LogP contribution in [0, 0.1) is 5.92 Å². The fourth-order valence-electron chi connectivity index (χ4n) is 3.19. The first-order valence-corrected chi connectivity index (χ1v) is 9.69. The van der Waals surface area contributed by atoms with Crippen molar-refractivity contribution in [2.75, 3.05) is 26.5 Å². The Bertz CT molecular complexity index is 655. The van der Waals surface area contributed by atoms with Crippen LogP contribution < -0.4 is 9.47 Å². The van der Waals surface area contributed by atoms with E-state index in [1.807, 2.05) is 12.1 Å². The lowest BCUT2D eigenvalue weighted by atomic mass is 9.89. The van der Waals surface area contributed by atoms with E-state index < -0.39 is 10.0 Å². The van der Waals surface area contributed by atoms with Gasteiger partial charge in [0.2, 0.25) is 10.0 Å². The number of fused-ring (bicyclic) bond motifs is 1. The molecule has 2 rings (SSSR count). The molecule has 1 aromatic carbocycles. The number of sulfonamides is 1. The van der Waals surface area contributed by atoms with Gasteiger partial charge in [-0.15, -0.1) is 0 Å². The molecule has 1 atom stereocenters. The second-order valence-electron chi connectivity index (χ2n) is 6.31. The SMILES string of the molecule is CCS(=O)(=O)N1CCc2cc(OC)c(OC)cc2C1CC(C)C. The minimum atomic E-state index is -3.23. The molecule has 0 aliphatic carbocycles. The maximum absolute atomic E-state index is 12.5. The molecule has 6 heteroatoms. The molecule has 1 aliphatic rings. The van der Waals surface area contributed by atoms with Gasteiger partial charge in [0.1, 0.15) is 0 Å². The summed E-state index contributed by atoms with van der Waals surface area (Å²) in [7, 11) is -0.0129. The Morgan fingerprint density at radius 1 is 1.22 bits per heavy atom. The molecule has 0 fully saturated rings. The van der Waals surface area contributed by atoms with Crippen molar-refractivity contribution in [1.29, 1.82) is 0 Å². The van der Waals surface area contributed by atoms with Gasteiger partial charge < -0.3 is 9.47 Å². The number of methoxy groups -OCH3 is 2. The zero-order valence-electron chi connectivity index (χ0n) is 14.6. The molecular weight excluding hydrogens is 314 g/mol. The number of ether oxygens (including phenoxy) is 2. The van der Waals surface area contributed by atoms with Crippen LogP contribution in [0.4, 0.5) is 0 Å². The van der Waals surface area contributed by atoms with E-state index >= 15 is 0 Å². The van der Waals surface area contributed by atoms with Crippen molar-refractivity contribution in [2.45, 2.75) is 39.7 Å². The third-order valence-corrected chi connectivity index (χ3v) is 6.25. The van der Waals surface area contributed by atoms with Crippen LogP contribution in [0.5, 0.6) is 11.5 Å². The van der Waals surface area contributed by atoms with Crippen molar-refractivity contribution in [1.82, 2.24) is 4.31 Å². The lowest BCUT2D eigenvalue weighted by Crippen LogP contribution is -2.41. The maximum atomic E-state index is 12.5. The van der Waals surface area contributed by atoms with Gasteiger partial charge in [0.25, 0.3) is 0 Å². The van der Waals surface area contributed by atoms with Gasteiger partial charge in [0.15, 0.2) is 11.5 Å². The van der Waals surface area contributed by atoms with Crippen molar-refractivity contribution in [3.63, 3.8) is 0 Å². The molecule has 1 aliphatic heterocycles. The average Bonchev–Trinajstić information content (AvgIpc) is 2.53. The predicted octanol–water partition coefficient (Wildman–Crippen LogP) is 3.00. The number of hydrogen-bond donors (Lipinski definition) is 0. The molecule has 0 saturated heterocycles. The van der Waals surface area contributed by atoms with Gasteiger partial charge >= 0.3 is 0 Å². The number of benzene rings is 1. The van der Waals surface area contributed by atoms with Crippen LogP contribution in [-0.4, -0.2) is 39.2 Å². The van der Waals surface area contributed by atoms with Gasteiger partial charge in [-0.05, 0) is 48.9 Å². The molecule has 5 nitrogen and oxygen atoms in total. The van der Waals surface area contributed by atoms with Crippen LogP contribution in [0.15, 0.2) is 12.1 Å². The molecule has 0 amide bonds. The van der Waals surface area contributed by atoms with Crippen molar-refractivity contribution < 1.29 is 17.9 Å². The number of nitrogens with zero attached hydrogens (tertiary/aromatic N) is 1. The minimum Gasteiger partial charge on any atom is -0.493 e. The van der Waals surface area contributed by atoms with Crippen LogP contribution in [0.2, 0.25) is 0 Å². The summed E-state index contributed by atoms with van der Waals surface area (Å²) in [5.74, 6) is 1.87. The summed E-state index contributed by atoms with van der Waals surface area (Å²) >= 11 is 0. The molecule has 130 valence electrons. The Morgan fingerprint density at radius 3 is 2.35 bits per heavy atom. The molecule has 1 aromatic rings. The van der Waals surface area contributed by atoms with E-state index in [2.05, 4.69) is 13.8 Å². The summed E-state index contributed by atoms with van der Waals surface area (Å²) < 4.78 is 37.5. The second kappa shape index (κ2) is 7.09. The predicted molar refractivity (Wildman–Crippen MR) is 91.6 cm³/mol. The van der Waals surface area contributed by atoms with E-state index in [0.717, 1.165) is 17.5 Å². The van der Waals surface area contributed by atoms with Crippen LogP contribution >= 0.6 is 0 Å². The molecule has 23 heavy (non-hydrogen) atoms. The molecule has 0 radical (unpaired) electrons. The van der Waals surface area contributed by atoms with Gasteiger partial charge in [-0.3, -0.25) is 0 Å². The van der Waals surface area contributed by atoms with Gasteiger partial charge in [0.05, 0.1) is 26.0 Å². The van der Waals surface area contributed by atoms with E-state index in [1.54, 1.807) is 25.4 Å². The fourth-order valence-corrected chi connectivity index (χ4v) is 4.48. The molecule has 0 spiro atoms. The maximum Gasteiger partial charge on any atom is 0.214 e. The van der Waals surface area contributed by atoms with E-state index in [9.17, 15) is 8.42 Å². The summed E-state index contributed by atoms with van der Waals surface area (Å²) in [6.45, 7) is 6.46. The van der Waals surface area contributed by atoms with E-state index in [1.165, 1.54) is 0 Å². The second-order valence-corrected chi connectivity index (χ2v) is 8.52. The largest absolute Gasteiger partial charge is 0.493 e. The Labute approximate surface area is 139 Å². The fraction of sp³-hybridized carbons (Fsp3) is 0.647. The third-order valence-electron chi connectivity index (χ3n) is 4.37. The van der Waals surface area contributed by atoms with E-state index in [4.69, 9.17) is 9.47 Å². The van der Waals surface area contributed by atoms with Gasteiger partial charge in [-0.2, -0.15) is 4.31 Å². The van der Waals surface area contributed by atoms with E-state index in [-0.39, 0.29) is 11.8 Å². The molecule has 1 unspecified atom stereocenters. The molecule has 0 N–H and O–H groups in total. The van der Waals surface area contributed by atoms with Crippen molar-refractivity contribution >= 4 is 10.0 Å². The Kier molecular flexibility index (Phi) is 5.57. The molecule has 0 saturated carbocycles. The van der Waals surface area contributed by atoms with Crippen LogP contribution in [0.1, 0.15) is 44.4 Å². The zero-order valence-corrected chi connectivity index (χ0v) is 15.4. The Morgan fingerprint density at radius 2 is 1.83 bits per heavy atom. The summed E-state index contributed by atoms with van der Waals surface area (Å²) in [6, 6.07) is 3.79. The first-order chi connectivity index (χ1) is 10.8. The van der Waals surface area contributed by atoms with Gasteiger partial charge in [-0.25, -0.2) is 8.42 Å². The topological polar surface area (TPSA) is 55.8 Å². The third kappa shape index (κ3) is 3.63. The van der Waals surface area contributed by atoms with Crippen molar-refractivity contribution in [3.05, 3.63) is 23.3 Å².